The molecule has 106 valence electrons. The first-order chi connectivity index (χ1) is 9.15. The van der Waals surface area contributed by atoms with E-state index < -0.39 is 0 Å². The van der Waals surface area contributed by atoms with Gasteiger partial charge in [-0.2, -0.15) is 0 Å². The Labute approximate surface area is 120 Å². The summed E-state index contributed by atoms with van der Waals surface area (Å²) in [6.45, 7) is 5.49. The lowest BCUT2D eigenvalue weighted by Crippen LogP contribution is -2.43. The average molecular weight is 284 g/mol. The summed E-state index contributed by atoms with van der Waals surface area (Å²) in [6, 6.07) is 7.78. The van der Waals surface area contributed by atoms with Gasteiger partial charge in [-0.25, -0.2) is 0 Å². The Morgan fingerprint density at radius 1 is 1.47 bits per heavy atom. The number of nitrogens with one attached hydrogen (secondary N) is 2. The van der Waals surface area contributed by atoms with Crippen molar-refractivity contribution in [3.63, 3.8) is 0 Å². The third kappa shape index (κ3) is 6.34. The third-order valence-electron chi connectivity index (χ3n) is 2.68. The lowest BCUT2D eigenvalue weighted by atomic mass is 10.3. The molecule has 1 aromatic carbocycles. The Bertz CT molecular complexity index is 409. The van der Waals surface area contributed by atoms with Gasteiger partial charge in [-0.1, -0.05) is 24.6 Å². The second-order valence-electron chi connectivity index (χ2n) is 4.26. The smallest absolute Gasteiger partial charge is 0.191 e. The number of hydrogen-bond acceptors (Lipinski definition) is 2. The lowest BCUT2D eigenvalue weighted by molar-refractivity contribution is 0.321. The molecule has 0 heterocycles. The van der Waals surface area contributed by atoms with Crippen molar-refractivity contribution in [2.24, 2.45) is 4.99 Å². The number of benzene rings is 1. The molecule has 0 aliphatic carbocycles. The second kappa shape index (κ2) is 8.64. The number of nitrogens with zero attached hydrogens (tertiary/aromatic N) is 1. The van der Waals surface area contributed by atoms with Crippen molar-refractivity contribution in [3.8, 4) is 5.75 Å². The monoisotopic (exact) mass is 283 g/mol. The topological polar surface area (TPSA) is 45.7 Å². The highest BCUT2D eigenvalue weighted by molar-refractivity contribution is 6.30. The average Bonchev–Trinajstić information content (AvgIpc) is 2.42. The molecular weight excluding hydrogens is 262 g/mol. The Kier molecular flexibility index (Phi) is 7.11. The molecule has 0 aliphatic rings. The van der Waals surface area contributed by atoms with Crippen molar-refractivity contribution in [3.05, 3.63) is 29.3 Å². The van der Waals surface area contributed by atoms with E-state index in [0.717, 1.165) is 18.1 Å². The van der Waals surface area contributed by atoms with Crippen LogP contribution < -0.4 is 15.4 Å². The van der Waals surface area contributed by atoms with Crippen LogP contribution in [0.4, 0.5) is 0 Å². The standard InChI is InChI=1S/C14H22ClN3O/c1-4-11(2)18-14(16-3)17-8-9-19-13-7-5-6-12(15)10-13/h5-7,10-11H,4,8-9H2,1-3H3,(H2,16,17,18). The molecule has 19 heavy (non-hydrogen) atoms. The van der Waals surface area contributed by atoms with Crippen molar-refractivity contribution < 1.29 is 4.74 Å². The van der Waals surface area contributed by atoms with Gasteiger partial charge in [0.25, 0.3) is 0 Å². The van der Waals surface area contributed by atoms with E-state index in [-0.39, 0.29) is 0 Å². The van der Waals surface area contributed by atoms with Crippen LogP contribution in [0.25, 0.3) is 0 Å². The fourth-order valence-electron chi connectivity index (χ4n) is 1.43. The number of guanidine groups is 1. The van der Waals surface area contributed by atoms with Gasteiger partial charge in [-0.3, -0.25) is 4.99 Å². The molecule has 1 atom stereocenters. The molecular formula is C14H22ClN3O. The van der Waals surface area contributed by atoms with Crippen LogP contribution in [0.5, 0.6) is 5.75 Å². The van der Waals surface area contributed by atoms with Gasteiger partial charge in [0.1, 0.15) is 12.4 Å². The van der Waals surface area contributed by atoms with E-state index in [4.69, 9.17) is 16.3 Å². The minimum Gasteiger partial charge on any atom is -0.492 e. The summed E-state index contributed by atoms with van der Waals surface area (Å²) in [5, 5.41) is 7.17. The van der Waals surface area contributed by atoms with Gasteiger partial charge in [0.15, 0.2) is 5.96 Å². The maximum Gasteiger partial charge on any atom is 0.191 e. The van der Waals surface area contributed by atoms with Gasteiger partial charge in [0, 0.05) is 18.1 Å². The highest BCUT2D eigenvalue weighted by atomic mass is 35.5. The Morgan fingerprint density at radius 3 is 2.89 bits per heavy atom. The molecule has 0 saturated carbocycles. The summed E-state index contributed by atoms with van der Waals surface area (Å²) in [5.41, 5.74) is 0. The maximum atomic E-state index is 5.88. The van der Waals surface area contributed by atoms with Crippen LogP contribution in [0, 0.1) is 0 Å². The Morgan fingerprint density at radius 2 is 2.26 bits per heavy atom. The molecule has 1 unspecified atom stereocenters. The van der Waals surface area contributed by atoms with Crippen LogP contribution in [0.3, 0.4) is 0 Å². The van der Waals surface area contributed by atoms with Gasteiger partial charge in [0.05, 0.1) is 6.54 Å². The predicted molar refractivity (Wildman–Crippen MR) is 81.2 cm³/mol. The third-order valence-corrected chi connectivity index (χ3v) is 2.91. The van der Waals surface area contributed by atoms with E-state index in [1.165, 1.54) is 0 Å². The molecule has 1 aromatic rings. The summed E-state index contributed by atoms with van der Waals surface area (Å²) in [4.78, 5) is 4.15. The van der Waals surface area contributed by atoms with Crippen molar-refractivity contribution in [2.45, 2.75) is 26.3 Å². The van der Waals surface area contributed by atoms with Crippen LogP contribution >= 0.6 is 11.6 Å². The van der Waals surface area contributed by atoms with Crippen molar-refractivity contribution in [2.75, 3.05) is 20.2 Å². The molecule has 0 amide bonds. The normalized spacial score (nSPS) is 12.9. The summed E-state index contributed by atoms with van der Waals surface area (Å²) in [6.07, 6.45) is 1.06. The van der Waals surface area contributed by atoms with Gasteiger partial charge in [0.2, 0.25) is 0 Å². The minimum atomic E-state index is 0.403. The van der Waals surface area contributed by atoms with Gasteiger partial charge >= 0.3 is 0 Å². The molecule has 0 saturated heterocycles. The molecule has 4 nitrogen and oxygen atoms in total. The van der Waals surface area contributed by atoms with Gasteiger partial charge in [-0.15, -0.1) is 0 Å². The lowest BCUT2D eigenvalue weighted by Gasteiger charge is -2.16. The van der Waals surface area contributed by atoms with Crippen LogP contribution in [0.15, 0.2) is 29.3 Å². The molecule has 2 N–H and O–H groups in total. The summed E-state index contributed by atoms with van der Waals surface area (Å²) >= 11 is 5.88. The SMILES string of the molecule is CCC(C)NC(=NC)NCCOc1cccc(Cl)c1. The zero-order valence-electron chi connectivity index (χ0n) is 11.7. The molecule has 1 rings (SSSR count). The number of halogens is 1. The molecule has 5 heteroatoms. The highest BCUT2D eigenvalue weighted by Gasteiger charge is 2.02. The van der Waals surface area contributed by atoms with Crippen LogP contribution in [-0.2, 0) is 0 Å². The summed E-state index contributed by atoms with van der Waals surface area (Å²) in [5.74, 6) is 1.57. The zero-order chi connectivity index (χ0) is 14.1. The second-order valence-corrected chi connectivity index (χ2v) is 4.69. The number of hydrogen-bond donors (Lipinski definition) is 2. The van der Waals surface area contributed by atoms with Crippen molar-refractivity contribution in [1.29, 1.82) is 0 Å². The van der Waals surface area contributed by atoms with E-state index in [0.29, 0.717) is 24.2 Å². The van der Waals surface area contributed by atoms with E-state index in [2.05, 4.69) is 29.5 Å². The van der Waals surface area contributed by atoms with Crippen LogP contribution in [0.1, 0.15) is 20.3 Å². The molecule has 0 aliphatic heterocycles. The first-order valence-electron chi connectivity index (χ1n) is 6.51. The number of ether oxygens (including phenoxy) is 1. The predicted octanol–water partition coefficient (Wildman–Crippen LogP) is 2.68. The van der Waals surface area contributed by atoms with Crippen LogP contribution in [0.2, 0.25) is 5.02 Å². The summed E-state index contributed by atoms with van der Waals surface area (Å²) in [7, 11) is 1.76. The number of rotatable bonds is 6. The summed E-state index contributed by atoms with van der Waals surface area (Å²) < 4.78 is 5.58. The van der Waals surface area contributed by atoms with E-state index in [1.807, 2.05) is 18.2 Å². The van der Waals surface area contributed by atoms with Crippen LogP contribution in [-0.4, -0.2) is 32.2 Å². The molecule has 0 aromatic heterocycles. The Hall–Kier alpha value is -1.42. The van der Waals surface area contributed by atoms with E-state index >= 15 is 0 Å². The van der Waals surface area contributed by atoms with E-state index in [1.54, 1.807) is 13.1 Å². The fraction of sp³-hybridized carbons (Fsp3) is 0.500. The van der Waals surface area contributed by atoms with Gasteiger partial charge in [-0.05, 0) is 31.5 Å². The van der Waals surface area contributed by atoms with E-state index in [9.17, 15) is 0 Å². The van der Waals surface area contributed by atoms with Gasteiger partial charge < -0.3 is 15.4 Å². The van der Waals surface area contributed by atoms with Crippen molar-refractivity contribution >= 4 is 17.6 Å². The zero-order valence-corrected chi connectivity index (χ0v) is 12.5. The largest absolute Gasteiger partial charge is 0.492 e. The first kappa shape index (κ1) is 15.6. The minimum absolute atomic E-state index is 0.403. The maximum absolute atomic E-state index is 5.88. The quantitative estimate of drug-likeness (QED) is 0.479. The number of aliphatic imine (C=N–C) groups is 1. The molecule has 0 bridgehead atoms. The molecule has 0 spiro atoms. The highest BCUT2D eigenvalue weighted by Crippen LogP contribution is 2.16. The molecule has 0 fully saturated rings. The Balaban J connectivity index is 2.26. The first-order valence-corrected chi connectivity index (χ1v) is 6.89. The van der Waals surface area contributed by atoms with Crippen molar-refractivity contribution in [1.82, 2.24) is 10.6 Å². The fourth-order valence-corrected chi connectivity index (χ4v) is 1.61. The molecule has 0 radical (unpaired) electrons.